The Morgan fingerprint density at radius 1 is 1.25 bits per heavy atom. The Balaban J connectivity index is 2.25. The van der Waals surface area contributed by atoms with Gasteiger partial charge in [-0.3, -0.25) is 4.79 Å². The minimum Gasteiger partial charge on any atom is -0.497 e. The number of aromatic amines is 1. The van der Waals surface area contributed by atoms with Crippen LogP contribution >= 0.6 is 0 Å². The van der Waals surface area contributed by atoms with Gasteiger partial charge in [0.1, 0.15) is 5.75 Å². The summed E-state index contributed by atoms with van der Waals surface area (Å²) in [7, 11) is 1.59. The van der Waals surface area contributed by atoms with Crippen molar-refractivity contribution in [1.82, 2.24) is 4.98 Å². The number of ether oxygens (including phenoxy) is 2. The van der Waals surface area contributed by atoms with E-state index in [4.69, 9.17) is 9.47 Å². The van der Waals surface area contributed by atoms with Gasteiger partial charge in [-0.25, -0.2) is 4.79 Å². The highest BCUT2D eigenvalue weighted by Gasteiger charge is 2.21. The zero-order valence-electron chi connectivity index (χ0n) is 14.3. The van der Waals surface area contributed by atoms with E-state index in [0.29, 0.717) is 29.1 Å². The van der Waals surface area contributed by atoms with Crippen molar-refractivity contribution in [2.24, 2.45) is 0 Å². The van der Waals surface area contributed by atoms with Crippen molar-refractivity contribution in [3.05, 3.63) is 58.4 Å². The third-order valence-corrected chi connectivity index (χ3v) is 3.68. The predicted octanol–water partition coefficient (Wildman–Crippen LogP) is 3.71. The van der Waals surface area contributed by atoms with Crippen LogP contribution in [-0.4, -0.2) is 30.5 Å². The van der Waals surface area contributed by atoms with Gasteiger partial charge in [0.15, 0.2) is 0 Å². The zero-order valence-corrected chi connectivity index (χ0v) is 14.3. The SMILES string of the molecule is CCOC(=O)c1c(C)[nH]c(C(=O)C=Cc2cccc(OC)c2)c1C. The first-order chi connectivity index (χ1) is 11.5. The summed E-state index contributed by atoms with van der Waals surface area (Å²) in [6.07, 6.45) is 3.19. The molecule has 0 spiro atoms. The van der Waals surface area contributed by atoms with Crippen molar-refractivity contribution in [2.45, 2.75) is 20.8 Å². The van der Waals surface area contributed by atoms with Crippen molar-refractivity contribution in [2.75, 3.05) is 13.7 Å². The van der Waals surface area contributed by atoms with Gasteiger partial charge in [0, 0.05) is 5.69 Å². The summed E-state index contributed by atoms with van der Waals surface area (Å²) in [5.74, 6) is 0.106. The van der Waals surface area contributed by atoms with E-state index in [9.17, 15) is 9.59 Å². The Labute approximate surface area is 141 Å². The summed E-state index contributed by atoms with van der Waals surface area (Å²) < 4.78 is 10.2. The van der Waals surface area contributed by atoms with Crippen LogP contribution in [0.4, 0.5) is 0 Å². The van der Waals surface area contributed by atoms with E-state index in [1.807, 2.05) is 24.3 Å². The topological polar surface area (TPSA) is 68.4 Å². The van der Waals surface area contributed by atoms with Gasteiger partial charge in [-0.2, -0.15) is 0 Å². The van der Waals surface area contributed by atoms with Gasteiger partial charge < -0.3 is 14.5 Å². The number of allylic oxidation sites excluding steroid dienone is 1. The van der Waals surface area contributed by atoms with E-state index in [1.54, 1.807) is 34.0 Å². The largest absolute Gasteiger partial charge is 0.497 e. The first kappa shape index (κ1) is 17.5. The van der Waals surface area contributed by atoms with E-state index in [-0.39, 0.29) is 5.78 Å². The summed E-state index contributed by atoms with van der Waals surface area (Å²) in [4.78, 5) is 27.4. The summed E-state index contributed by atoms with van der Waals surface area (Å²) in [5.41, 5.74) is 2.91. The average molecular weight is 327 g/mol. The second-order valence-corrected chi connectivity index (χ2v) is 5.32. The maximum Gasteiger partial charge on any atom is 0.340 e. The van der Waals surface area contributed by atoms with E-state index in [1.165, 1.54) is 6.08 Å². The molecule has 1 N–H and O–H groups in total. The van der Waals surface area contributed by atoms with Gasteiger partial charge in [-0.15, -0.1) is 0 Å². The first-order valence-corrected chi connectivity index (χ1v) is 7.70. The first-order valence-electron chi connectivity index (χ1n) is 7.70. The second kappa shape index (κ2) is 7.64. The molecule has 0 atom stereocenters. The van der Waals surface area contributed by atoms with Gasteiger partial charge >= 0.3 is 5.97 Å². The number of carbonyl (C=O) groups is 2. The van der Waals surface area contributed by atoms with E-state index in [0.717, 1.165) is 11.3 Å². The number of H-pyrrole nitrogens is 1. The molecule has 1 heterocycles. The molecule has 5 heteroatoms. The second-order valence-electron chi connectivity index (χ2n) is 5.32. The van der Waals surface area contributed by atoms with E-state index in [2.05, 4.69) is 4.98 Å². The van der Waals surface area contributed by atoms with Crippen molar-refractivity contribution < 1.29 is 19.1 Å². The maximum absolute atomic E-state index is 12.4. The lowest BCUT2D eigenvalue weighted by atomic mass is 10.1. The Morgan fingerprint density at radius 2 is 2.00 bits per heavy atom. The maximum atomic E-state index is 12.4. The number of carbonyl (C=O) groups excluding carboxylic acids is 2. The van der Waals surface area contributed by atoms with Crippen LogP contribution in [0.1, 0.15) is 44.6 Å². The van der Waals surface area contributed by atoms with Gasteiger partial charge in [-0.1, -0.05) is 18.2 Å². The Hall–Kier alpha value is -2.82. The van der Waals surface area contributed by atoms with Gasteiger partial charge in [-0.05, 0) is 50.1 Å². The normalized spacial score (nSPS) is 10.8. The molecule has 0 saturated heterocycles. The number of ketones is 1. The molecule has 0 saturated carbocycles. The van der Waals surface area contributed by atoms with Crippen LogP contribution in [0.3, 0.4) is 0 Å². The molecule has 0 radical (unpaired) electrons. The summed E-state index contributed by atoms with van der Waals surface area (Å²) in [6.45, 7) is 5.53. The summed E-state index contributed by atoms with van der Waals surface area (Å²) >= 11 is 0. The molecule has 1 aromatic heterocycles. The predicted molar refractivity (Wildman–Crippen MR) is 92.6 cm³/mol. The molecule has 5 nitrogen and oxygen atoms in total. The molecular weight excluding hydrogens is 306 g/mol. The fourth-order valence-corrected chi connectivity index (χ4v) is 2.51. The summed E-state index contributed by atoms with van der Waals surface area (Å²) in [6, 6.07) is 7.40. The number of hydrogen-bond acceptors (Lipinski definition) is 4. The fraction of sp³-hybridized carbons (Fsp3) is 0.263. The van der Waals surface area contributed by atoms with Crippen molar-refractivity contribution in [3.63, 3.8) is 0 Å². The lowest BCUT2D eigenvalue weighted by molar-refractivity contribution is 0.0525. The smallest absolute Gasteiger partial charge is 0.340 e. The highest BCUT2D eigenvalue weighted by Crippen LogP contribution is 2.20. The van der Waals surface area contributed by atoms with Crippen molar-refractivity contribution in [3.8, 4) is 5.75 Å². The number of aryl methyl sites for hydroxylation is 1. The number of aromatic nitrogens is 1. The third kappa shape index (κ3) is 3.74. The molecule has 0 aliphatic carbocycles. The van der Waals surface area contributed by atoms with E-state index < -0.39 is 5.97 Å². The highest BCUT2D eigenvalue weighted by molar-refractivity contribution is 6.08. The van der Waals surface area contributed by atoms with Crippen LogP contribution in [0.5, 0.6) is 5.75 Å². The standard InChI is InChI=1S/C19H21NO4/c1-5-24-19(22)17-12(2)18(20-13(17)3)16(21)10-9-14-7-6-8-15(11-14)23-4/h6-11,20H,5H2,1-4H3. The van der Waals surface area contributed by atoms with Crippen molar-refractivity contribution >= 4 is 17.8 Å². The third-order valence-electron chi connectivity index (χ3n) is 3.68. The highest BCUT2D eigenvalue weighted by atomic mass is 16.5. The molecule has 2 rings (SSSR count). The minimum absolute atomic E-state index is 0.200. The Morgan fingerprint density at radius 3 is 2.67 bits per heavy atom. The average Bonchev–Trinajstić information content (AvgIpc) is 2.87. The molecule has 2 aromatic rings. The van der Waals surface area contributed by atoms with Crippen LogP contribution in [0.15, 0.2) is 30.3 Å². The van der Waals surface area contributed by atoms with Crippen LogP contribution in [0.25, 0.3) is 6.08 Å². The quantitative estimate of drug-likeness (QED) is 0.499. The Bertz CT molecular complexity index is 787. The fourth-order valence-electron chi connectivity index (χ4n) is 2.51. The van der Waals surface area contributed by atoms with Gasteiger partial charge in [0.2, 0.25) is 5.78 Å². The molecule has 24 heavy (non-hydrogen) atoms. The number of nitrogens with one attached hydrogen (secondary N) is 1. The Kier molecular flexibility index (Phi) is 5.58. The molecule has 0 amide bonds. The summed E-state index contributed by atoms with van der Waals surface area (Å²) in [5, 5.41) is 0. The molecule has 0 unspecified atom stereocenters. The number of methoxy groups -OCH3 is 1. The van der Waals surface area contributed by atoms with Crippen LogP contribution in [-0.2, 0) is 4.74 Å². The zero-order chi connectivity index (χ0) is 17.7. The van der Waals surface area contributed by atoms with Crippen LogP contribution in [0, 0.1) is 13.8 Å². The van der Waals surface area contributed by atoms with Crippen LogP contribution in [0.2, 0.25) is 0 Å². The number of esters is 1. The molecule has 1 aromatic carbocycles. The molecular formula is C19H21NO4. The molecule has 0 aliphatic rings. The monoisotopic (exact) mass is 327 g/mol. The number of hydrogen-bond donors (Lipinski definition) is 1. The molecule has 0 fully saturated rings. The molecule has 126 valence electrons. The minimum atomic E-state index is -0.417. The molecule has 0 aliphatic heterocycles. The lowest BCUT2D eigenvalue weighted by Crippen LogP contribution is -2.07. The number of rotatable bonds is 6. The van der Waals surface area contributed by atoms with Crippen LogP contribution < -0.4 is 4.74 Å². The molecule has 0 bridgehead atoms. The van der Waals surface area contributed by atoms with E-state index >= 15 is 0 Å². The van der Waals surface area contributed by atoms with Gasteiger partial charge in [0.25, 0.3) is 0 Å². The van der Waals surface area contributed by atoms with Gasteiger partial charge in [0.05, 0.1) is 25.0 Å². The lowest BCUT2D eigenvalue weighted by Gasteiger charge is -2.02. The van der Waals surface area contributed by atoms with Crippen molar-refractivity contribution in [1.29, 1.82) is 0 Å². The number of benzene rings is 1.